The van der Waals surface area contributed by atoms with Crippen LogP contribution in [0.2, 0.25) is 0 Å². The lowest BCUT2D eigenvalue weighted by atomic mass is 10.1. The maximum atomic E-state index is 12.9. The van der Waals surface area contributed by atoms with E-state index in [9.17, 15) is 4.79 Å². The van der Waals surface area contributed by atoms with Crippen molar-refractivity contribution in [2.75, 3.05) is 12.4 Å². The first kappa shape index (κ1) is 18.5. The number of para-hydroxylation sites is 1. The minimum atomic E-state index is -0.182. The Morgan fingerprint density at radius 1 is 1.11 bits per heavy atom. The molecular formula is C20H18N4O2S2. The third-order valence-electron chi connectivity index (χ3n) is 4.40. The Morgan fingerprint density at radius 3 is 2.68 bits per heavy atom. The van der Waals surface area contributed by atoms with E-state index >= 15 is 0 Å². The van der Waals surface area contributed by atoms with E-state index in [-0.39, 0.29) is 5.91 Å². The fourth-order valence-corrected chi connectivity index (χ4v) is 5.03. The first-order valence-electron chi connectivity index (χ1n) is 8.62. The zero-order chi connectivity index (χ0) is 19.8. The number of nitrogens with zero attached hydrogens (tertiary/aromatic N) is 3. The number of amides is 1. The molecule has 28 heavy (non-hydrogen) atoms. The lowest BCUT2D eigenvalue weighted by Gasteiger charge is -2.05. The maximum absolute atomic E-state index is 12.9. The molecule has 3 heterocycles. The molecule has 0 atom stereocenters. The second-order valence-corrected chi connectivity index (χ2v) is 8.14. The molecule has 0 saturated heterocycles. The van der Waals surface area contributed by atoms with Crippen LogP contribution in [0.4, 0.5) is 5.13 Å². The number of carbonyl (C=O) groups is 1. The van der Waals surface area contributed by atoms with Gasteiger partial charge in [0.05, 0.1) is 17.7 Å². The molecule has 0 aliphatic heterocycles. The van der Waals surface area contributed by atoms with Gasteiger partial charge in [-0.1, -0.05) is 12.1 Å². The predicted octanol–water partition coefficient (Wildman–Crippen LogP) is 5.00. The van der Waals surface area contributed by atoms with Crippen LogP contribution in [0.15, 0.2) is 29.6 Å². The zero-order valence-electron chi connectivity index (χ0n) is 15.9. The number of ether oxygens (including phenoxy) is 1. The fraction of sp³-hybridized carbons (Fsp3) is 0.200. The van der Waals surface area contributed by atoms with Crippen LogP contribution in [0.25, 0.3) is 21.5 Å². The molecule has 0 saturated carbocycles. The number of thiophene rings is 1. The van der Waals surface area contributed by atoms with Crippen molar-refractivity contribution in [1.29, 1.82) is 0 Å². The molecule has 4 rings (SSSR count). The number of carbonyl (C=O) groups excluding carboxylic acids is 1. The van der Waals surface area contributed by atoms with E-state index in [2.05, 4.69) is 20.3 Å². The third kappa shape index (κ3) is 3.25. The average Bonchev–Trinajstić information content (AvgIpc) is 3.26. The molecule has 0 fully saturated rings. The summed E-state index contributed by atoms with van der Waals surface area (Å²) in [5.41, 5.74) is 3.45. The average molecular weight is 411 g/mol. The summed E-state index contributed by atoms with van der Waals surface area (Å²) in [4.78, 5) is 27.8. The molecule has 142 valence electrons. The minimum absolute atomic E-state index is 0.182. The molecule has 4 aromatic rings. The highest BCUT2D eigenvalue weighted by molar-refractivity contribution is 7.21. The van der Waals surface area contributed by atoms with Crippen LogP contribution in [-0.2, 0) is 0 Å². The summed E-state index contributed by atoms with van der Waals surface area (Å²) in [6.45, 7) is 5.73. The highest BCUT2D eigenvalue weighted by Gasteiger charge is 2.20. The topological polar surface area (TPSA) is 77.0 Å². The zero-order valence-corrected chi connectivity index (χ0v) is 17.5. The summed E-state index contributed by atoms with van der Waals surface area (Å²) >= 11 is 2.77. The number of benzene rings is 1. The Balaban J connectivity index is 1.63. The number of methoxy groups -OCH3 is 1. The van der Waals surface area contributed by atoms with Gasteiger partial charge in [-0.25, -0.2) is 15.0 Å². The van der Waals surface area contributed by atoms with Crippen molar-refractivity contribution in [3.05, 3.63) is 51.6 Å². The Morgan fingerprint density at radius 2 is 1.89 bits per heavy atom. The van der Waals surface area contributed by atoms with Gasteiger partial charge < -0.3 is 4.74 Å². The summed E-state index contributed by atoms with van der Waals surface area (Å²) in [5, 5.41) is 6.32. The summed E-state index contributed by atoms with van der Waals surface area (Å²) in [6.07, 6.45) is 0. The number of thiazole rings is 1. The molecule has 1 N–H and O–H groups in total. The Kier molecular flexibility index (Phi) is 4.82. The number of aryl methyl sites for hydroxylation is 3. The molecule has 1 amide bonds. The second-order valence-electron chi connectivity index (χ2n) is 6.28. The van der Waals surface area contributed by atoms with E-state index in [0.29, 0.717) is 15.8 Å². The van der Waals surface area contributed by atoms with Crippen molar-refractivity contribution in [3.63, 3.8) is 0 Å². The van der Waals surface area contributed by atoms with Gasteiger partial charge in [-0.2, -0.15) is 0 Å². The molecule has 0 bridgehead atoms. The van der Waals surface area contributed by atoms with E-state index < -0.39 is 0 Å². The van der Waals surface area contributed by atoms with E-state index in [1.807, 2.05) is 50.4 Å². The predicted molar refractivity (Wildman–Crippen MR) is 114 cm³/mol. The van der Waals surface area contributed by atoms with Crippen LogP contribution in [0.5, 0.6) is 5.75 Å². The number of hydrogen-bond acceptors (Lipinski definition) is 7. The van der Waals surface area contributed by atoms with Crippen LogP contribution in [0.1, 0.15) is 26.8 Å². The van der Waals surface area contributed by atoms with Gasteiger partial charge in [-0.3, -0.25) is 10.1 Å². The van der Waals surface area contributed by atoms with Crippen LogP contribution in [0.3, 0.4) is 0 Å². The summed E-state index contributed by atoms with van der Waals surface area (Å²) in [6, 6.07) is 7.67. The van der Waals surface area contributed by atoms with Crippen LogP contribution in [-0.4, -0.2) is 28.0 Å². The normalized spacial score (nSPS) is 11.0. The molecule has 1 aromatic carbocycles. The summed E-state index contributed by atoms with van der Waals surface area (Å²) in [7, 11) is 1.63. The quantitative estimate of drug-likeness (QED) is 0.512. The molecule has 0 aliphatic carbocycles. The number of fused-ring (bicyclic) bond motifs is 1. The van der Waals surface area contributed by atoms with Gasteiger partial charge in [-0.05, 0) is 38.5 Å². The lowest BCUT2D eigenvalue weighted by Crippen LogP contribution is -2.11. The van der Waals surface area contributed by atoms with Gasteiger partial charge >= 0.3 is 0 Å². The summed E-state index contributed by atoms with van der Waals surface area (Å²) < 4.78 is 5.40. The Labute approximate surface area is 170 Å². The highest BCUT2D eigenvalue weighted by atomic mass is 32.1. The van der Waals surface area contributed by atoms with Crippen molar-refractivity contribution < 1.29 is 9.53 Å². The maximum Gasteiger partial charge on any atom is 0.267 e. The smallest absolute Gasteiger partial charge is 0.267 e. The van der Waals surface area contributed by atoms with Crippen molar-refractivity contribution in [2.24, 2.45) is 0 Å². The van der Waals surface area contributed by atoms with Crippen molar-refractivity contribution in [2.45, 2.75) is 20.8 Å². The van der Waals surface area contributed by atoms with Gasteiger partial charge in [-0.15, -0.1) is 22.7 Å². The summed E-state index contributed by atoms with van der Waals surface area (Å²) in [5.74, 6) is 1.27. The second kappa shape index (κ2) is 7.29. The largest absolute Gasteiger partial charge is 0.496 e. The minimum Gasteiger partial charge on any atom is -0.496 e. The molecule has 0 radical (unpaired) electrons. The van der Waals surface area contributed by atoms with E-state index in [4.69, 9.17) is 4.74 Å². The number of hydrogen-bond donors (Lipinski definition) is 1. The highest BCUT2D eigenvalue weighted by Crippen LogP contribution is 2.34. The number of rotatable bonds is 4. The number of nitrogens with one attached hydrogen (secondary N) is 1. The molecule has 0 spiro atoms. The fourth-order valence-electron chi connectivity index (χ4n) is 3.16. The molecule has 0 aliphatic rings. The Bertz CT molecular complexity index is 1200. The van der Waals surface area contributed by atoms with Crippen molar-refractivity contribution in [3.8, 4) is 17.0 Å². The van der Waals surface area contributed by atoms with Crippen LogP contribution in [0, 0.1) is 20.8 Å². The lowest BCUT2D eigenvalue weighted by molar-refractivity contribution is 0.103. The van der Waals surface area contributed by atoms with Gasteiger partial charge in [0.15, 0.2) is 5.13 Å². The van der Waals surface area contributed by atoms with Gasteiger partial charge in [0.25, 0.3) is 5.91 Å². The van der Waals surface area contributed by atoms with E-state index in [1.165, 1.54) is 22.7 Å². The molecule has 0 unspecified atom stereocenters. The first-order chi connectivity index (χ1) is 13.5. The van der Waals surface area contributed by atoms with E-state index in [1.54, 1.807) is 7.11 Å². The van der Waals surface area contributed by atoms with Crippen molar-refractivity contribution in [1.82, 2.24) is 15.0 Å². The first-order valence-corrected chi connectivity index (χ1v) is 10.3. The van der Waals surface area contributed by atoms with Crippen molar-refractivity contribution >= 4 is 43.9 Å². The van der Waals surface area contributed by atoms with Gasteiger partial charge in [0, 0.05) is 22.0 Å². The van der Waals surface area contributed by atoms with Gasteiger partial charge in [0.1, 0.15) is 16.4 Å². The number of aromatic nitrogens is 3. The standard InChI is InChI=1S/C20H18N4O2S2/c1-10-16-11(2)21-12(3)22-19(16)28-17(10)18(25)24-20-23-14(9-27-20)13-7-5-6-8-15(13)26-4/h5-9H,1-4H3,(H,23,24,25). The van der Waals surface area contributed by atoms with Gasteiger partial charge in [0.2, 0.25) is 0 Å². The monoisotopic (exact) mass is 410 g/mol. The van der Waals surface area contributed by atoms with Crippen LogP contribution >= 0.6 is 22.7 Å². The molecule has 6 nitrogen and oxygen atoms in total. The third-order valence-corrected chi connectivity index (χ3v) is 6.34. The van der Waals surface area contributed by atoms with E-state index in [0.717, 1.165) is 38.5 Å². The van der Waals surface area contributed by atoms with Crippen LogP contribution < -0.4 is 10.1 Å². The number of anilines is 1. The Hall–Kier alpha value is -2.84. The molecule has 3 aromatic heterocycles. The molecule has 8 heteroatoms. The SMILES string of the molecule is COc1ccccc1-c1csc(NC(=O)c2sc3nc(C)nc(C)c3c2C)n1. The molecular weight excluding hydrogens is 392 g/mol.